The molecule has 0 bridgehead atoms. The van der Waals surface area contributed by atoms with Gasteiger partial charge >= 0.3 is 0 Å². The molecule has 0 aliphatic heterocycles. The van der Waals surface area contributed by atoms with Gasteiger partial charge in [0, 0.05) is 34.6 Å². The van der Waals surface area contributed by atoms with Crippen LogP contribution >= 0.6 is 0 Å². The second-order valence-electron chi connectivity index (χ2n) is 6.71. The van der Waals surface area contributed by atoms with E-state index in [0.29, 0.717) is 0 Å². The summed E-state index contributed by atoms with van der Waals surface area (Å²) in [7, 11) is 0. The van der Waals surface area contributed by atoms with E-state index >= 15 is 0 Å². The Morgan fingerprint density at radius 3 is 2.00 bits per heavy atom. The summed E-state index contributed by atoms with van der Waals surface area (Å²) in [6, 6.07) is 20.0. The van der Waals surface area contributed by atoms with Crippen molar-refractivity contribution in [3.8, 4) is 0 Å². The zero-order valence-electron chi connectivity index (χ0n) is 15.7. The summed E-state index contributed by atoms with van der Waals surface area (Å²) in [6.07, 6.45) is 4.24. The fraction of sp³-hybridized carbons (Fsp3) is 0.0870. The van der Waals surface area contributed by atoms with Crippen LogP contribution in [-0.2, 0) is 6.54 Å². The predicted molar refractivity (Wildman–Crippen MR) is 116 cm³/mol. The summed E-state index contributed by atoms with van der Waals surface area (Å²) in [5.41, 5.74) is 23.6. The van der Waals surface area contributed by atoms with Crippen LogP contribution in [0.15, 0.2) is 60.7 Å². The van der Waals surface area contributed by atoms with Gasteiger partial charge in [0.1, 0.15) is 6.54 Å². The van der Waals surface area contributed by atoms with E-state index in [0.717, 1.165) is 45.8 Å². The van der Waals surface area contributed by atoms with Gasteiger partial charge in [-0.2, -0.15) is 4.57 Å². The molecule has 28 heavy (non-hydrogen) atoms. The molecule has 1 aromatic heterocycles. The number of nitrogen functional groups attached to an aromatic ring is 3. The first-order valence-electron chi connectivity index (χ1n) is 9.04. The van der Waals surface area contributed by atoms with Crippen LogP contribution in [0.5, 0.6) is 0 Å². The van der Waals surface area contributed by atoms with Crippen molar-refractivity contribution in [2.45, 2.75) is 13.5 Å². The predicted octanol–water partition coefficient (Wildman–Crippen LogP) is 1.22. The lowest BCUT2D eigenvalue weighted by Gasteiger charge is -2.10. The van der Waals surface area contributed by atoms with E-state index in [1.807, 2.05) is 48.5 Å². The van der Waals surface area contributed by atoms with E-state index in [9.17, 15) is 0 Å². The minimum atomic E-state index is 0. The molecule has 5 heteroatoms. The molecule has 4 nitrogen and oxygen atoms in total. The second kappa shape index (κ2) is 7.90. The van der Waals surface area contributed by atoms with Crippen molar-refractivity contribution in [2.24, 2.45) is 0 Å². The van der Waals surface area contributed by atoms with Crippen molar-refractivity contribution in [2.75, 3.05) is 17.2 Å². The number of anilines is 3. The smallest absolute Gasteiger partial charge is 0.215 e. The van der Waals surface area contributed by atoms with Gasteiger partial charge in [-0.05, 0) is 55.0 Å². The van der Waals surface area contributed by atoms with Crippen LogP contribution < -0.4 is 38.7 Å². The molecule has 0 atom stereocenters. The number of hydrogen-bond acceptors (Lipinski definition) is 3. The first-order valence-corrected chi connectivity index (χ1v) is 9.04. The number of nitrogens with zero attached hydrogens (tertiary/aromatic N) is 1. The number of aromatic nitrogens is 1. The molecule has 3 aromatic carbocycles. The average Bonchev–Trinajstić information content (AvgIpc) is 2.66. The van der Waals surface area contributed by atoms with Crippen molar-refractivity contribution in [1.29, 1.82) is 0 Å². The van der Waals surface area contributed by atoms with E-state index in [1.165, 1.54) is 10.8 Å². The van der Waals surface area contributed by atoms with Gasteiger partial charge < -0.3 is 34.2 Å². The maximum absolute atomic E-state index is 6.11. The molecular formula is C23H23BrN4. The molecule has 142 valence electrons. The normalized spacial score (nSPS) is 11.2. The highest BCUT2D eigenvalue weighted by Gasteiger charge is 2.19. The molecule has 0 saturated carbocycles. The summed E-state index contributed by atoms with van der Waals surface area (Å²) < 4.78 is 2.28. The van der Waals surface area contributed by atoms with Crippen molar-refractivity contribution >= 4 is 50.9 Å². The van der Waals surface area contributed by atoms with Gasteiger partial charge in [-0.15, -0.1) is 0 Å². The lowest BCUT2D eigenvalue weighted by Crippen LogP contribution is -3.00. The molecule has 4 aromatic rings. The Morgan fingerprint density at radius 2 is 1.32 bits per heavy atom. The van der Waals surface area contributed by atoms with Crippen LogP contribution in [0.25, 0.3) is 33.8 Å². The maximum atomic E-state index is 6.11. The first kappa shape index (κ1) is 19.7. The summed E-state index contributed by atoms with van der Waals surface area (Å²) in [4.78, 5) is 0. The fourth-order valence-electron chi connectivity index (χ4n) is 3.59. The van der Waals surface area contributed by atoms with Crippen LogP contribution in [0.2, 0.25) is 0 Å². The molecule has 0 aliphatic carbocycles. The third-order valence-electron chi connectivity index (χ3n) is 4.90. The van der Waals surface area contributed by atoms with Gasteiger partial charge in [0.25, 0.3) is 0 Å². The van der Waals surface area contributed by atoms with Gasteiger partial charge in [-0.3, -0.25) is 0 Å². The molecule has 6 N–H and O–H groups in total. The molecule has 0 spiro atoms. The molecule has 1 heterocycles. The van der Waals surface area contributed by atoms with Gasteiger partial charge in [0.15, 0.2) is 0 Å². The van der Waals surface area contributed by atoms with Crippen LogP contribution in [0, 0.1) is 0 Å². The van der Waals surface area contributed by atoms with Gasteiger partial charge in [-0.25, -0.2) is 0 Å². The molecule has 0 unspecified atom stereocenters. The molecule has 0 fully saturated rings. The first-order chi connectivity index (χ1) is 13.1. The summed E-state index contributed by atoms with van der Waals surface area (Å²) in [6.45, 7) is 2.97. The molecule has 0 aliphatic rings. The number of benzene rings is 3. The number of aryl methyl sites for hydroxylation is 1. The van der Waals surface area contributed by atoms with Crippen molar-refractivity contribution in [3.05, 3.63) is 71.9 Å². The second-order valence-corrected chi connectivity index (χ2v) is 6.71. The number of nitrogens with two attached hydrogens (primary N) is 3. The third kappa shape index (κ3) is 3.53. The Morgan fingerprint density at radius 1 is 0.714 bits per heavy atom. The molecule has 0 saturated heterocycles. The molecule has 0 radical (unpaired) electrons. The average molecular weight is 435 g/mol. The maximum Gasteiger partial charge on any atom is 0.215 e. The van der Waals surface area contributed by atoms with E-state index in [1.54, 1.807) is 0 Å². The number of pyridine rings is 1. The Labute approximate surface area is 175 Å². The number of halogens is 1. The van der Waals surface area contributed by atoms with Gasteiger partial charge in [0.05, 0.1) is 10.8 Å². The summed E-state index contributed by atoms with van der Waals surface area (Å²) in [5, 5.41) is 3.47. The highest BCUT2D eigenvalue weighted by atomic mass is 79.9. The third-order valence-corrected chi connectivity index (χ3v) is 4.90. The monoisotopic (exact) mass is 434 g/mol. The summed E-state index contributed by atoms with van der Waals surface area (Å²) in [5.74, 6) is 0. The van der Waals surface area contributed by atoms with E-state index in [4.69, 9.17) is 17.2 Å². The highest BCUT2D eigenvalue weighted by Crippen LogP contribution is 2.29. The number of rotatable bonds is 3. The Bertz CT molecular complexity index is 1180. The topological polar surface area (TPSA) is 81.9 Å². The minimum Gasteiger partial charge on any atom is -1.00 e. The Hall–Kier alpha value is -3.05. The standard InChI is InChI=1S/C23H22N4.BrH/c1-2-27-22(12-5-15-3-6-16(24)7-4-15)21-13-17(25)8-10-19(21)20-11-9-18(26)14-23(20)27;/h3-14H,2,25H2,1H3,(H3,24,26);1H. The van der Waals surface area contributed by atoms with E-state index in [2.05, 4.69) is 35.8 Å². The fourth-order valence-corrected chi connectivity index (χ4v) is 3.59. The number of fused-ring (bicyclic) bond motifs is 3. The van der Waals surface area contributed by atoms with Crippen LogP contribution in [0.1, 0.15) is 18.2 Å². The minimum absolute atomic E-state index is 0. The Kier molecular flexibility index (Phi) is 5.56. The highest BCUT2D eigenvalue weighted by molar-refractivity contribution is 6.08. The number of hydrogen-bond donors (Lipinski definition) is 3. The van der Waals surface area contributed by atoms with Crippen LogP contribution in [0.4, 0.5) is 17.1 Å². The van der Waals surface area contributed by atoms with Crippen molar-refractivity contribution < 1.29 is 21.5 Å². The summed E-state index contributed by atoms with van der Waals surface area (Å²) >= 11 is 0. The van der Waals surface area contributed by atoms with Crippen molar-refractivity contribution in [3.63, 3.8) is 0 Å². The molecule has 0 amide bonds. The largest absolute Gasteiger partial charge is 1.00 e. The van der Waals surface area contributed by atoms with Gasteiger partial charge in [-0.1, -0.05) is 18.2 Å². The molecule has 4 rings (SSSR count). The Balaban J connectivity index is 0.00000225. The van der Waals surface area contributed by atoms with Crippen LogP contribution in [0.3, 0.4) is 0 Å². The lowest BCUT2D eigenvalue weighted by molar-refractivity contribution is -0.668. The SMILES string of the molecule is CC[n+]1c(/C=C/c2ccc(N)cc2)c2cc(N)ccc2c2ccc(N)cc21.[Br-]. The van der Waals surface area contributed by atoms with E-state index < -0.39 is 0 Å². The zero-order valence-corrected chi connectivity index (χ0v) is 17.3. The quantitative estimate of drug-likeness (QED) is 0.257. The van der Waals surface area contributed by atoms with Crippen LogP contribution in [-0.4, -0.2) is 0 Å². The van der Waals surface area contributed by atoms with Crippen molar-refractivity contribution in [1.82, 2.24) is 0 Å². The lowest BCUT2D eigenvalue weighted by atomic mass is 10.0. The van der Waals surface area contributed by atoms with Gasteiger partial charge in [0.2, 0.25) is 11.2 Å². The zero-order chi connectivity index (χ0) is 19.0. The van der Waals surface area contributed by atoms with E-state index in [-0.39, 0.29) is 17.0 Å². The molecular weight excluding hydrogens is 412 g/mol.